The molecule has 0 saturated heterocycles. The second kappa shape index (κ2) is 10.2. The van der Waals surface area contributed by atoms with Gasteiger partial charge in [-0.15, -0.1) is 0 Å². The van der Waals surface area contributed by atoms with E-state index in [1.807, 2.05) is 84.9 Å². The van der Waals surface area contributed by atoms with Gasteiger partial charge in [0.2, 0.25) is 5.89 Å². The Balaban J connectivity index is 1.51. The number of aliphatic hydroxyl groups is 1. The number of aliphatic carboxylic acids is 1. The third-order valence-corrected chi connectivity index (χ3v) is 6.47. The Kier molecular flexibility index (Phi) is 6.69. The van der Waals surface area contributed by atoms with Crippen LogP contribution in [0.3, 0.4) is 0 Å². The molecule has 2 N–H and O–H groups in total. The second-order valence-corrected chi connectivity index (χ2v) is 8.96. The Bertz CT molecular complexity index is 1310. The van der Waals surface area contributed by atoms with Crippen LogP contribution in [0.5, 0.6) is 5.75 Å². The smallest absolute Gasteiger partial charge is 0.341 e. The third kappa shape index (κ3) is 4.95. The van der Waals surface area contributed by atoms with Crippen LogP contribution < -0.4 is 4.74 Å². The summed E-state index contributed by atoms with van der Waals surface area (Å²) in [5.74, 6) is 0.146. The lowest BCUT2D eigenvalue weighted by molar-refractivity contribution is -0.139. The minimum absolute atomic E-state index is 0.192. The second-order valence-electron chi connectivity index (χ2n) is 8.96. The molecule has 0 spiro atoms. The molecule has 2 atom stereocenters. The minimum Gasteiger partial charge on any atom is -0.482 e. The fourth-order valence-corrected chi connectivity index (χ4v) is 4.68. The number of nitrogens with zero attached hydrogens (tertiary/aromatic N) is 1. The normalized spacial score (nSPS) is 19.2. The van der Waals surface area contributed by atoms with E-state index in [9.17, 15) is 9.90 Å². The summed E-state index contributed by atoms with van der Waals surface area (Å²) in [5, 5.41) is 20.9. The number of carboxylic acid groups (broad SMARTS) is 1. The lowest BCUT2D eigenvalue weighted by Gasteiger charge is -2.34. The highest BCUT2D eigenvalue weighted by Gasteiger charge is 2.42. The van der Waals surface area contributed by atoms with Crippen molar-refractivity contribution in [2.24, 2.45) is 5.92 Å². The molecule has 0 radical (unpaired) electrons. The monoisotopic (exact) mass is 481 g/mol. The zero-order valence-electron chi connectivity index (χ0n) is 19.7. The van der Waals surface area contributed by atoms with Crippen LogP contribution in [0.15, 0.2) is 101 Å². The van der Waals surface area contributed by atoms with Crippen molar-refractivity contribution in [3.05, 3.63) is 109 Å². The molecule has 6 heteroatoms. The number of carboxylic acids is 1. The van der Waals surface area contributed by atoms with E-state index in [-0.39, 0.29) is 11.8 Å². The van der Waals surface area contributed by atoms with Crippen LogP contribution in [0.4, 0.5) is 0 Å². The van der Waals surface area contributed by atoms with Gasteiger partial charge in [0.25, 0.3) is 0 Å². The lowest BCUT2D eigenvalue weighted by Crippen LogP contribution is -2.36. The highest BCUT2D eigenvalue weighted by molar-refractivity contribution is 5.77. The number of aromatic nitrogens is 1. The number of rotatable bonds is 8. The first-order valence-electron chi connectivity index (χ1n) is 12.0. The fourth-order valence-electron chi connectivity index (χ4n) is 4.68. The molecule has 4 aromatic rings. The molecule has 3 aromatic carbocycles. The van der Waals surface area contributed by atoms with Crippen molar-refractivity contribution in [3.63, 3.8) is 0 Å². The minimum atomic E-state index is -1.40. The summed E-state index contributed by atoms with van der Waals surface area (Å²) >= 11 is 0. The van der Waals surface area contributed by atoms with Gasteiger partial charge in [0.05, 0.1) is 0 Å². The number of hydrogen-bond acceptors (Lipinski definition) is 5. The van der Waals surface area contributed by atoms with E-state index in [0.29, 0.717) is 23.6 Å². The average molecular weight is 482 g/mol. The van der Waals surface area contributed by atoms with Gasteiger partial charge in [-0.3, -0.25) is 0 Å². The van der Waals surface area contributed by atoms with Crippen molar-refractivity contribution in [2.45, 2.75) is 24.9 Å². The average Bonchev–Trinajstić information content (AvgIpc) is 3.37. The zero-order valence-corrected chi connectivity index (χ0v) is 19.7. The van der Waals surface area contributed by atoms with Crippen molar-refractivity contribution >= 4 is 5.97 Å². The predicted molar refractivity (Wildman–Crippen MR) is 136 cm³/mol. The maximum Gasteiger partial charge on any atom is 0.341 e. The number of hydrogen-bond donors (Lipinski definition) is 2. The van der Waals surface area contributed by atoms with Crippen molar-refractivity contribution in [1.29, 1.82) is 0 Å². The lowest BCUT2D eigenvalue weighted by atomic mass is 9.76. The van der Waals surface area contributed by atoms with Crippen molar-refractivity contribution in [2.75, 3.05) is 6.61 Å². The van der Waals surface area contributed by atoms with Gasteiger partial charge in [0.15, 0.2) is 18.0 Å². The maximum absolute atomic E-state index is 12.0. The highest BCUT2D eigenvalue weighted by Crippen LogP contribution is 2.43. The molecule has 36 heavy (non-hydrogen) atoms. The van der Waals surface area contributed by atoms with Crippen LogP contribution in [0.1, 0.15) is 24.3 Å². The van der Waals surface area contributed by atoms with Crippen molar-refractivity contribution in [3.8, 4) is 28.3 Å². The van der Waals surface area contributed by atoms with Gasteiger partial charge >= 0.3 is 5.97 Å². The molecule has 1 aromatic heterocycles. The van der Waals surface area contributed by atoms with E-state index in [1.54, 1.807) is 12.1 Å². The molecule has 1 aliphatic carbocycles. The number of oxazole rings is 1. The largest absolute Gasteiger partial charge is 0.482 e. The van der Waals surface area contributed by atoms with Gasteiger partial charge in [-0.05, 0) is 43.0 Å². The van der Waals surface area contributed by atoms with Gasteiger partial charge in [0.1, 0.15) is 11.4 Å². The summed E-state index contributed by atoms with van der Waals surface area (Å²) in [6.07, 6.45) is 5.89. The maximum atomic E-state index is 12.0. The van der Waals surface area contributed by atoms with Gasteiger partial charge < -0.3 is 19.4 Å². The molecule has 0 fully saturated rings. The summed E-state index contributed by atoms with van der Waals surface area (Å²) in [6, 6.07) is 26.9. The first kappa shape index (κ1) is 23.6. The summed E-state index contributed by atoms with van der Waals surface area (Å²) < 4.78 is 11.7. The Morgan fingerprint density at radius 3 is 2.44 bits per heavy atom. The van der Waals surface area contributed by atoms with E-state index >= 15 is 0 Å². The molecule has 0 saturated carbocycles. The molecule has 1 heterocycles. The van der Waals surface area contributed by atoms with Gasteiger partial charge in [-0.25, -0.2) is 9.78 Å². The first-order chi connectivity index (χ1) is 17.5. The Hall–Kier alpha value is -4.16. The fraction of sp³-hybridized carbons (Fsp3) is 0.200. The predicted octanol–water partition coefficient (Wildman–Crippen LogP) is 5.87. The first-order valence-corrected chi connectivity index (χ1v) is 12.0. The Labute approximate surface area is 209 Å². The number of benzene rings is 3. The summed E-state index contributed by atoms with van der Waals surface area (Å²) in [4.78, 5) is 15.7. The number of ether oxygens (including phenoxy) is 1. The van der Waals surface area contributed by atoms with E-state index in [2.05, 4.69) is 0 Å². The molecule has 6 nitrogen and oxygen atoms in total. The molecular weight excluding hydrogens is 454 g/mol. The van der Waals surface area contributed by atoms with E-state index in [0.717, 1.165) is 29.5 Å². The highest BCUT2D eigenvalue weighted by atomic mass is 16.5. The number of allylic oxidation sites excluding steroid dienone is 1. The van der Waals surface area contributed by atoms with E-state index in [4.69, 9.17) is 19.2 Å². The van der Waals surface area contributed by atoms with Crippen LogP contribution in [0.2, 0.25) is 0 Å². The molecule has 182 valence electrons. The topological polar surface area (TPSA) is 92.8 Å². The Morgan fingerprint density at radius 1 is 1.00 bits per heavy atom. The van der Waals surface area contributed by atoms with Gasteiger partial charge in [-0.1, -0.05) is 78.9 Å². The van der Waals surface area contributed by atoms with Gasteiger partial charge in [-0.2, -0.15) is 0 Å². The number of carbonyl (C=O) groups is 1. The van der Waals surface area contributed by atoms with Crippen LogP contribution in [0.25, 0.3) is 22.6 Å². The van der Waals surface area contributed by atoms with Crippen molar-refractivity contribution in [1.82, 2.24) is 4.98 Å². The summed E-state index contributed by atoms with van der Waals surface area (Å²) in [7, 11) is 0. The molecule has 0 aliphatic heterocycles. The van der Waals surface area contributed by atoms with Crippen LogP contribution in [-0.4, -0.2) is 27.8 Å². The summed E-state index contributed by atoms with van der Waals surface area (Å²) in [5.41, 5.74) is 2.03. The third-order valence-electron chi connectivity index (χ3n) is 6.47. The molecule has 1 unspecified atom stereocenters. The standard InChI is InChI=1S/C30H27NO5/c32-26(33)20-35-25-16-9-10-21(19-25)18-24-15-7-8-17-30(24,34)29-31-27(22-11-3-1-4-12-22)28(36-29)23-13-5-2-6-14-23/h1-6,8-14,16-17,19,24,34H,7,15,18,20H2,(H,32,33)/t24-,30?/m0/s1. The Morgan fingerprint density at radius 2 is 1.72 bits per heavy atom. The quantitative estimate of drug-likeness (QED) is 0.306. The summed E-state index contributed by atoms with van der Waals surface area (Å²) in [6.45, 7) is -0.402. The zero-order chi connectivity index (χ0) is 25.0. The molecule has 0 amide bonds. The molecule has 5 rings (SSSR count). The van der Waals surface area contributed by atoms with Crippen LogP contribution in [-0.2, 0) is 16.8 Å². The molecule has 1 aliphatic rings. The van der Waals surface area contributed by atoms with Crippen molar-refractivity contribution < 1.29 is 24.2 Å². The van der Waals surface area contributed by atoms with E-state index in [1.165, 1.54) is 0 Å². The van der Waals surface area contributed by atoms with E-state index < -0.39 is 18.2 Å². The van der Waals surface area contributed by atoms with Gasteiger partial charge in [0, 0.05) is 17.0 Å². The van der Waals surface area contributed by atoms with Crippen LogP contribution in [0, 0.1) is 5.92 Å². The molecular formula is C30H27NO5. The molecule has 0 bridgehead atoms. The van der Waals surface area contributed by atoms with Crippen LogP contribution >= 0.6 is 0 Å². The SMILES string of the molecule is O=C(O)COc1cccc(C[C@@H]2CCC=CC2(O)c2nc(-c3ccccc3)c(-c3ccccc3)o2)c1.